The van der Waals surface area contributed by atoms with Crippen LogP contribution in [0.5, 0.6) is 0 Å². The molecule has 14 heteroatoms. The number of allylic oxidation sites excluding steroid dienone is 3. The highest BCUT2D eigenvalue weighted by atomic mass is 16.9. The van der Waals surface area contributed by atoms with Gasteiger partial charge in [0.2, 0.25) is 0 Å². The van der Waals surface area contributed by atoms with E-state index in [4.69, 9.17) is 43.6 Å². The van der Waals surface area contributed by atoms with Crippen LogP contribution in [-0.4, -0.2) is 143 Å². The molecule has 3 saturated heterocycles. The van der Waals surface area contributed by atoms with E-state index in [0.29, 0.717) is 52.2 Å². The zero-order valence-electron chi connectivity index (χ0n) is 29.0. The Balaban J connectivity index is 1.75. The van der Waals surface area contributed by atoms with Crippen molar-refractivity contribution < 1.29 is 47.5 Å². The Bertz CT molecular complexity index is 914. The maximum atomic E-state index is 12.4. The van der Waals surface area contributed by atoms with Gasteiger partial charge in [-0.1, -0.05) is 24.3 Å². The van der Waals surface area contributed by atoms with Crippen LogP contribution in [0, 0.1) is 0 Å². The molecule has 1 atom stereocenters. The zero-order valence-corrected chi connectivity index (χ0v) is 29.0. The zero-order chi connectivity index (χ0) is 34.0. The molecular formula is C33H58N4O10. The van der Waals surface area contributed by atoms with Crippen LogP contribution in [-0.2, 0) is 47.5 Å². The number of esters is 2. The Morgan fingerprint density at radius 3 is 1.72 bits per heavy atom. The minimum absolute atomic E-state index is 0.0251. The predicted octanol–water partition coefficient (Wildman–Crippen LogP) is 2.18. The molecule has 2 N–H and O–H groups in total. The molecule has 0 spiro atoms. The average molecular weight is 671 g/mol. The van der Waals surface area contributed by atoms with Crippen LogP contribution in [0.1, 0.15) is 60.3 Å². The molecule has 3 fully saturated rings. The molecule has 3 aliphatic rings. The van der Waals surface area contributed by atoms with Gasteiger partial charge in [-0.25, -0.2) is 0 Å². The van der Waals surface area contributed by atoms with Crippen molar-refractivity contribution in [2.24, 2.45) is 5.73 Å². The summed E-state index contributed by atoms with van der Waals surface area (Å²) in [5, 5.41) is 0. The first-order valence-corrected chi connectivity index (χ1v) is 17.1. The van der Waals surface area contributed by atoms with E-state index in [-0.39, 0.29) is 63.8 Å². The summed E-state index contributed by atoms with van der Waals surface area (Å²) in [5.41, 5.74) is 5.61. The number of nitrogens with zero attached hydrogens (tertiary/aromatic N) is 3. The van der Waals surface area contributed by atoms with E-state index in [0.717, 1.165) is 19.3 Å². The van der Waals surface area contributed by atoms with Crippen molar-refractivity contribution in [3.8, 4) is 0 Å². The molecule has 0 radical (unpaired) electrons. The molecule has 14 nitrogen and oxygen atoms in total. The van der Waals surface area contributed by atoms with Crippen LogP contribution in [0.4, 0.5) is 0 Å². The second-order valence-electron chi connectivity index (χ2n) is 11.8. The summed E-state index contributed by atoms with van der Waals surface area (Å²) in [7, 11) is 0. The van der Waals surface area contributed by atoms with Crippen molar-refractivity contribution in [3.05, 3.63) is 24.3 Å². The van der Waals surface area contributed by atoms with Gasteiger partial charge in [0, 0.05) is 26.2 Å². The topological polar surface area (TPSA) is 144 Å². The quantitative estimate of drug-likeness (QED) is 0.0861. The summed E-state index contributed by atoms with van der Waals surface area (Å²) in [5.74, 6) is -0.785. The summed E-state index contributed by atoms with van der Waals surface area (Å²) in [6, 6.07) is -0.130. The third-order valence-corrected chi connectivity index (χ3v) is 7.93. The van der Waals surface area contributed by atoms with Crippen molar-refractivity contribution in [1.29, 1.82) is 0 Å². The van der Waals surface area contributed by atoms with Gasteiger partial charge in [-0.05, 0) is 66.8 Å². The average Bonchev–Trinajstić information content (AvgIpc) is 2.97. The molecule has 0 bridgehead atoms. The molecule has 0 aromatic carbocycles. The number of hydrogen-bond donors (Lipinski definition) is 1. The number of hydrogen-bond acceptors (Lipinski definition) is 14. The maximum Gasteiger partial charge on any atom is 0.320 e. The summed E-state index contributed by atoms with van der Waals surface area (Å²) < 4.78 is 45.4. The monoisotopic (exact) mass is 670 g/mol. The number of carbonyl (C=O) groups excluding carboxylic acids is 2. The van der Waals surface area contributed by atoms with Crippen molar-refractivity contribution in [3.63, 3.8) is 0 Å². The largest absolute Gasteiger partial charge is 0.465 e. The Hall–Kier alpha value is -1.98. The lowest BCUT2D eigenvalue weighted by molar-refractivity contribution is -0.393. The van der Waals surface area contributed by atoms with E-state index < -0.39 is 18.2 Å². The van der Waals surface area contributed by atoms with Crippen LogP contribution >= 0.6 is 0 Å². The molecule has 270 valence electrons. The normalized spacial score (nSPS) is 26.5. The van der Waals surface area contributed by atoms with E-state index >= 15 is 0 Å². The van der Waals surface area contributed by atoms with Gasteiger partial charge in [-0.15, -0.1) is 0 Å². The standard InChI is InChI=1S/C33H58N4O10/c1-6-40-29(38)21-35(22-30(39)41-7-2)17-19-37(20-18-36(23-31-42-25(3)43-31)24-32-44-26(4)45-32)28(33-46-27(5)47-33)15-13-11-9-8-10-12-14-16-34/h8-9,11,13,25-28,31-33H,6-7,10,12,14-24,34H2,1-5H3. The molecule has 0 aromatic rings. The van der Waals surface area contributed by atoms with Gasteiger partial charge in [0.1, 0.15) is 0 Å². The lowest BCUT2D eigenvalue weighted by atomic mass is 10.1. The Labute approximate surface area is 280 Å². The Morgan fingerprint density at radius 1 is 0.723 bits per heavy atom. The fourth-order valence-electron chi connectivity index (χ4n) is 5.58. The van der Waals surface area contributed by atoms with Crippen LogP contribution < -0.4 is 5.73 Å². The summed E-state index contributed by atoms with van der Waals surface area (Å²) in [6.45, 7) is 13.6. The van der Waals surface area contributed by atoms with Crippen LogP contribution in [0.2, 0.25) is 0 Å². The van der Waals surface area contributed by atoms with Gasteiger partial charge >= 0.3 is 11.9 Å². The lowest BCUT2D eigenvalue weighted by Crippen LogP contribution is -2.57. The highest BCUT2D eigenvalue weighted by molar-refractivity contribution is 5.75. The SMILES string of the molecule is CCOC(=O)CN(CCN(CCN(CC1OC(C)O1)CC1OC(C)O1)C(CC=CC=CCCCCN)C1OC(C)O1)CC(=O)OCC. The van der Waals surface area contributed by atoms with Gasteiger partial charge in [0.25, 0.3) is 0 Å². The van der Waals surface area contributed by atoms with Gasteiger partial charge in [0.15, 0.2) is 37.7 Å². The Kier molecular flexibility index (Phi) is 18.4. The first-order chi connectivity index (χ1) is 22.7. The molecule has 0 amide bonds. The number of unbranched alkanes of at least 4 members (excludes halogenated alkanes) is 2. The number of ether oxygens (including phenoxy) is 8. The third-order valence-electron chi connectivity index (χ3n) is 7.93. The summed E-state index contributed by atoms with van der Waals surface area (Å²) in [4.78, 5) is 31.1. The second-order valence-corrected chi connectivity index (χ2v) is 11.8. The molecule has 0 aromatic heterocycles. The van der Waals surface area contributed by atoms with Crippen LogP contribution in [0.3, 0.4) is 0 Å². The fraction of sp³-hybridized carbons (Fsp3) is 0.818. The highest BCUT2D eigenvalue weighted by Gasteiger charge is 2.38. The molecule has 1 unspecified atom stereocenters. The molecule has 3 heterocycles. The Morgan fingerprint density at radius 2 is 1.23 bits per heavy atom. The maximum absolute atomic E-state index is 12.4. The first kappa shape index (κ1) is 39.5. The third kappa shape index (κ3) is 15.0. The molecule has 0 saturated carbocycles. The van der Waals surface area contributed by atoms with Crippen LogP contribution in [0.25, 0.3) is 0 Å². The number of rotatable bonds is 25. The van der Waals surface area contributed by atoms with Crippen LogP contribution in [0.15, 0.2) is 24.3 Å². The van der Waals surface area contributed by atoms with Crippen molar-refractivity contribution >= 4 is 11.9 Å². The molecule has 3 aliphatic heterocycles. The molecule has 3 rings (SSSR count). The lowest BCUT2D eigenvalue weighted by Gasteiger charge is -2.45. The number of carbonyl (C=O) groups is 2. The second kappa shape index (κ2) is 21.9. The summed E-state index contributed by atoms with van der Waals surface area (Å²) in [6.07, 6.45) is 10.3. The van der Waals surface area contributed by atoms with E-state index in [1.165, 1.54) is 0 Å². The molecule has 0 aliphatic carbocycles. The molecular weight excluding hydrogens is 612 g/mol. The molecule has 47 heavy (non-hydrogen) atoms. The summed E-state index contributed by atoms with van der Waals surface area (Å²) >= 11 is 0. The number of nitrogens with two attached hydrogens (primary N) is 1. The van der Waals surface area contributed by atoms with Gasteiger partial charge in [-0.3, -0.25) is 24.3 Å². The first-order valence-electron chi connectivity index (χ1n) is 17.1. The highest BCUT2D eigenvalue weighted by Crippen LogP contribution is 2.26. The van der Waals surface area contributed by atoms with Crippen molar-refractivity contribution in [2.45, 2.75) is 104 Å². The van der Waals surface area contributed by atoms with E-state index in [1.54, 1.807) is 18.7 Å². The van der Waals surface area contributed by atoms with Crippen molar-refractivity contribution in [1.82, 2.24) is 14.7 Å². The predicted molar refractivity (Wildman–Crippen MR) is 174 cm³/mol. The minimum atomic E-state index is -0.432. The van der Waals surface area contributed by atoms with E-state index in [9.17, 15) is 9.59 Å². The van der Waals surface area contributed by atoms with E-state index in [2.05, 4.69) is 34.1 Å². The van der Waals surface area contributed by atoms with Gasteiger partial charge in [-0.2, -0.15) is 0 Å². The van der Waals surface area contributed by atoms with Gasteiger partial charge in [0.05, 0.1) is 45.4 Å². The van der Waals surface area contributed by atoms with Gasteiger partial charge < -0.3 is 43.6 Å². The minimum Gasteiger partial charge on any atom is -0.465 e. The fourth-order valence-corrected chi connectivity index (χ4v) is 5.58. The van der Waals surface area contributed by atoms with E-state index in [1.807, 2.05) is 20.8 Å². The smallest absolute Gasteiger partial charge is 0.320 e. The van der Waals surface area contributed by atoms with Crippen molar-refractivity contribution in [2.75, 3.05) is 72.1 Å².